The molecular formula is C30H34N4O3. The normalized spacial score (nSPS) is 14.6. The van der Waals surface area contributed by atoms with Crippen LogP contribution in [-0.4, -0.2) is 47.0 Å². The van der Waals surface area contributed by atoms with E-state index in [0.717, 1.165) is 73.7 Å². The van der Waals surface area contributed by atoms with Gasteiger partial charge in [-0.25, -0.2) is 4.98 Å². The van der Waals surface area contributed by atoms with Crippen LogP contribution in [0.25, 0.3) is 11.0 Å². The number of aromatic amines is 1. The molecule has 1 aliphatic rings. The molecule has 1 aromatic heterocycles. The van der Waals surface area contributed by atoms with E-state index in [4.69, 9.17) is 20.2 Å². The molecule has 0 aliphatic carbocycles. The van der Waals surface area contributed by atoms with E-state index >= 15 is 0 Å². The minimum atomic E-state index is -0.439. The zero-order chi connectivity index (χ0) is 25.5. The van der Waals surface area contributed by atoms with Gasteiger partial charge in [0.15, 0.2) is 11.5 Å². The number of piperidine rings is 1. The Bertz CT molecular complexity index is 1310. The second-order valence-corrected chi connectivity index (χ2v) is 9.58. The van der Waals surface area contributed by atoms with Crippen molar-refractivity contribution in [1.29, 1.82) is 0 Å². The van der Waals surface area contributed by atoms with Crippen LogP contribution in [0.3, 0.4) is 0 Å². The van der Waals surface area contributed by atoms with Crippen molar-refractivity contribution >= 4 is 16.9 Å². The summed E-state index contributed by atoms with van der Waals surface area (Å²) in [6.07, 6.45) is 4.18. The second kappa shape index (κ2) is 11.9. The van der Waals surface area contributed by atoms with Crippen LogP contribution in [0.15, 0.2) is 72.8 Å². The standard InChI is InChI=1S/C30H34N4O3/c31-29(35)24-11-8-12-25-28(24)33-30(32-25)23-15-18-34(19-16-23)17-6-7-20-36-26-13-4-5-14-27(26)37-21-22-9-2-1-3-10-22/h1-5,8-14,23H,6-7,15-21H2,(H2,31,35)(H,32,33). The molecule has 0 saturated carbocycles. The number of imidazole rings is 1. The summed E-state index contributed by atoms with van der Waals surface area (Å²) in [6.45, 7) is 4.35. The summed E-state index contributed by atoms with van der Waals surface area (Å²) in [4.78, 5) is 22.4. The Morgan fingerprint density at radius 3 is 2.41 bits per heavy atom. The lowest BCUT2D eigenvalue weighted by atomic mass is 9.96. The molecule has 1 saturated heterocycles. The summed E-state index contributed by atoms with van der Waals surface area (Å²) >= 11 is 0. The first-order valence-corrected chi connectivity index (χ1v) is 13.1. The first kappa shape index (κ1) is 24.8. The van der Waals surface area contributed by atoms with E-state index in [-0.39, 0.29) is 0 Å². The predicted molar refractivity (Wildman–Crippen MR) is 145 cm³/mol. The summed E-state index contributed by atoms with van der Waals surface area (Å²) in [5.74, 6) is 2.47. The molecule has 7 nitrogen and oxygen atoms in total. The fourth-order valence-electron chi connectivity index (χ4n) is 4.92. The maximum Gasteiger partial charge on any atom is 0.250 e. The highest BCUT2D eigenvalue weighted by molar-refractivity contribution is 6.04. The van der Waals surface area contributed by atoms with E-state index in [0.29, 0.717) is 30.2 Å². The Balaban J connectivity index is 1.04. The largest absolute Gasteiger partial charge is 0.490 e. The number of nitrogens with one attached hydrogen (secondary N) is 1. The molecule has 1 fully saturated rings. The molecule has 0 bridgehead atoms. The highest BCUT2D eigenvalue weighted by Gasteiger charge is 2.23. The van der Waals surface area contributed by atoms with Gasteiger partial charge < -0.3 is 25.1 Å². The van der Waals surface area contributed by atoms with Gasteiger partial charge >= 0.3 is 0 Å². The van der Waals surface area contributed by atoms with Gasteiger partial charge in [0.25, 0.3) is 5.91 Å². The number of para-hydroxylation sites is 3. The van der Waals surface area contributed by atoms with Crippen molar-refractivity contribution < 1.29 is 14.3 Å². The summed E-state index contributed by atoms with van der Waals surface area (Å²) in [6, 6.07) is 23.6. The first-order valence-electron chi connectivity index (χ1n) is 13.1. The van der Waals surface area contributed by atoms with Crippen molar-refractivity contribution in [3.8, 4) is 11.5 Å². The number of H-pyrrole nitrogens is 1. The highest BCUT2D eigenvalue weighted by atomic mass is 16.5. The second-order valence-electron chi connectivity index (χ2n) is 9.58. The van der Waals surface area contributed by atoms with Crippen molar-refractivity contribution in [3.63, 3.8) is 0 Å². The van der Waals surface area contributed by atoms with Gasteiger partial charge in [-0.15, -0.1) is 0 Å². The van der Waals surface area contributed by atoms with Crippen LogP contribution in [0.4, 0.5) is 0 Å². The van der Waals surface area contributed by atoms with Gasteiger partial charge in [-0.2, -0.15) is 0 Å². The predicted octanol–water partition coefficient (Wildman–Crippen LogP) is 5.28. The van der Waals surface area contributed by atoms with Crippen LogP contribution < -0.4 is 15.2 Å². The van der Waals surface area contributed by atoms with Crippen LogP contribution in [0.1, 0.15) is 53.3 Å². The maximum atomic E-state index is 11.7. The summed E-state index contributed by atoms with van der Waals surface area (Å²) < 4.78 is 12.1. The molecule has 1 aliphatic heterocycles. The molecule has 2 heterocycles. The third-order valence-electron chi connectivity index (χ3n) is 6.98. The number of carbonyl (C=O) groups is 1. The highest BCUT2D eigenvalue weighted by Crippen LogP contribution is 2.29. The van der Waals surface area contributed by atoms with Crippen molar-refractivity contribution in [1.82, 2.24) is 14.9 Å². The average Bonchev–Trinajstić information content (AvgIpc) is 3.38. The van der Waals surface area contributed by atoms with Crippen molar-refractivity contribution in [3.05, 3.63) is 89.7 Å². The topological polar surface area (TPSA) is 93.5 Å². The number of nitrogens with two attached hydrogens (primary N) is 1. The fourth-order valence-corrected chi connectivity index (χ4v) is 4.92. The molecule has 0 atom stereocenters. The van der Waals surface area contributed by atoms with Gasteiger partial charge in [-0.1, -0.05) is 48.5 Å². The smallest absolute Gasteiger partial charge is 0.250 e. The van der Waals surface area contributed by atoms with Crippen LogP contribution >= 0.6 is 0 Å². The van der Waals surface area contributed by atoms with E-state index in [9.17, 15) is 4.79 Å². The van der Waals surface area contributed by atoms with Crippen LogP contribution in [-0.2, 0) is 6.61 Å². The zero-order valence-corrected chi connectivity index (χ0v) is 21.1. The summed E-state index contributed by atoms with van der Waals surface area (Å²) in [7, 11) is 0. The number of nitrogens with zero attached hydrogens (tertiary/aromatic N) is 2. The number of primary amides is 1. The SMILES string of the molecule is NC(=O)c1cccc2[nH]c(C3CCN(CCCCOc4ccccc4OCc4ccccc4)CC3)nc12. The Morgan fingerprint density at radius 1 is 0.919 bits per heavy atom. The third-order valence-corrected chi connectivity index (χ3v) is 6.98. The number of unbranched alkanes of at least 4 members (excludes halogenated alkanes) is 1. The number of carbonyl (C=O) groups excluding carboxylic acids is 1. The number of ether oxygens (including phenoxy) is 2. The molecule has 4 aromatic rings. The number of hydrogen-bond acceptors (Lipinski definition) is 5. The lowest BCUT2D eigenvalue weighted by Crippen LogP contribution is -2.34. The number of benzene rings is 3. The molecule has 7 heteroatoms. The van der Waals surface area contributed by atoms with E-state index in [1.54, 1.807) is 6.07 Å². The maximum absolute atomic E-state index is 11.7. The fraction of sp³-hybridized carbons (Fsp3) is 0.333. The molecule has 0 radical (unpaired) electrons. The number of hydrogen-bond donors (Lipinski definition) is 2. The number of aromatic nitrogens is 2. The van der Waals surface area contributed by atoms with Gasteiger partial charge in [0, 0.05) is 5.92 Å². The molecule has 5 rings (SSSR count). The van der Waals surface area contributed by atoms with E-state index < -0.39 is 5.91 Å². The molecule has 1 amide bonds. The number of likely N-dealkylation sites (tertiary alicyclic amines) is 1. The van der Waals surface area contributed by atoms with Crippen molar-refractivity contribution in [2.75, 3.05) is 26.2 Å². The summed E-state index contributed by atoms with van der Waals surface area (Å²) in [5, 5.41) is 0. The van der Waals surface area contributed by atoms with Crippen LogP contribution in [0.5, 0.6) is 11.5 Å². The lowest BCUT2D eigenvalue weighted by molar-refractivity contribution is 0.100. The third kappa shape index (κ3) is 6.30. The van der Waals surface area contributed by atoms with E-state index in [1.165, 1.54) is 0 Å². The Labute approximate surface area is 217 Å². The minimum Gasteiger partial charge on any atom is -0.490 e. The molecular weight excluding hydrogens is 464 g/mol. The average molecular weight is 499 g/mol. The minimum absolute atomic E-state index is 0.375. The van der Waals surface area contributed by atoms with Gasteiger partial charge in [-0.3, -0.25) is 4.79 Å². The number of amides is 1. The Hall–Kier alpha value is -3.84. The Morgan fingerprint density at radius 2 is 1.65 bits per heavy atom. The van der Waals surface area contributed by atoms with Gasteiger partial charge in [0.2, 0.25) is 0 Å². The molecule has 3 N–H and O–H groups in total. The number of rotatable bonds is 11. The molecule has 192 valence electrons. The van der Waals surface area contributed by atoms with Crippen LogP contribution in [0, 0.1) is 0 Å². The first-order chi connectivity index (χ1) is 18.2. The van der Waals surface area contributed by atoms with Gasteiger partial charge in [-0.05, 0) is 75.1 Å². The van der Waals surface area contributed by atoms with Crippen molar-refractivity contribution in [2.24, 2.45) is 5.73 Å². The van der Waals surface area contributed by atoms with Crippen molar-refractivity contribution in [2.45, 2.75) is 38.2 Å². The van der Waals surface area contributed by atoms with E-state index in [1.807, 2.05) is 54.6 Å². The zero-order valence-electron chi connectivity index (χ0n) is 21.1. The monoisotopic (exact) mass is 498 g/mol. The Kier molecular flexibility index (Phi) is 8.01. The van der Waals surface area contributed by atoms with Gasteiger partial charge in [0.1, 0.15) is 17.9 Å². The molecule has 3 aromatic carbocycles. The summed E-state index contributed by atoms with van der Waals surface area (Å²) in [5.41, 5.74) is 8.68. The van der Waals surface area contributed by atoms with Crippen LogP contribution in [0.2, 0.25) is 0 Å². The molecule has 0 spiro atoms. The quantitative estimate of drug-likeness (QED) is 0.275. The molecule has 0 unspecified atom stereocenters. The van der Waals surface area contributed by atoms with Gasteiger partial charge in [0.05, 0.1) is 17.7 Å². The van der Waals surface area contributed by atoms with E-state index in [2.05, 4.69) is 22.0 Å². The molecule has 37 heavy (non-hydrogen) atoms. The lowest BCUT2D eigenvalue weighted by Gasteiger charge is -2.31. The number of fused-ring (bicyclic) bond motifs is 1.